The Morgan fingerprint density at radius 1 is 1.05 bits per heavy atom. The Balaban J connectivity index is 1.77. The number of carbonyl (C=O) groups excluding carboxylic acids is 5. The summed E-state index contributed by atoms with van der Waals surface area (Å²) in [5.41, 5.74) is 0.821. The molecule has 0 spiro atoms. The van der Waals surface area contributed by atoms with Crippen LogP contribution < -0.4 is 15.4 Å². The van der Waals surface area contributed by atoms with Gasteiger partial charge in [-0.2, -0.15) is 0 Å². The number of imide groups is 1. The second kappa shape index (κ2) is 11.2. The number of hydrogen-bond acceptors (Lipinski definition) is 7. The minimum absolute atomic E-state index is 0.0586. The lowest BCUT2D eigenvalue weighted by atomic mass is 10.1. The van der Waals surface area contributed by atoms with Crippen LogP contribution in [0.25, 0.3) is 0 Å². The first kappa shape index (κ1) is 28.6. The number of aryl methyl sites for hydroxylation is 2. The van der Waals surface area contributed by atoms with Crippen molar-refractivity contribution in [2.75, 3.05) is 10.6 Å². The van der Waals surface area contributed by atoms with Gasteiger partial charge in [0.15, 0.2) is 23.5 Å². The number of anilines is 2. The van der Waals surface area contributed by atoms with Gasteiger partial charge in [0.1, 0.15) is 5.75 Å². The molecule has 11 heteroatoms. The molecule has 1 aliphatic heterocycles. The summed E-state index contributed by atoms with van der Waals surface area (Å²) in [4.78, 5) is 63.7. The number of benzene rings is 2. The van der Waals surface area contributed by atoms with Gasteiger partial charge in [0.25, 0.3) is 17.7 Å². The largest absolute Gasteiger partial charge is 0.480 e. The Bertz CT molecular complexity index is 1310. The number of hydrogen-bond donors (Lipinski definition) is 2. The molecule has 0 saturated carbocycles. The van der Waals surface area contributed by atoms with Gasteiger partial charge in [-0.05, 0) is 70.9 Å². The molecule has 1 saturated heterocycles. The number of cyclic esters (lactones) is 1. The lowest BCUT2D eigenvalue weighted by Gasteiger charge is -2.22. The molecular formula is C27H30ClN3O7. The van der Waals surface area contributed by atoms with Gasteiger partial charge >= 0.3 is 6.09 Å². The fourth-order valence-electron chi connectivity index (χ4n) is 3.92. The van der Waals surface area contributed by atoms with Crippen LogP contribution in [-0.2, 0) is 23.9 Å². The van der Waals surface area contributed by atoms with Gasteiger partial charge in [-0.15, -0.1) is 0 Å². The molecule has 0 aromatic heterocycles. The van der Waals surface area contributed by atoms with Crippen LogP contribution in [0.15, 0.2) is 36.4 Å². The van der Waals surface area contributed by atoms with E-state index in [9.17, 15) is 24.0 Å². The van der Waals surface area contributed by atoms with Crippen molar-refractivity contribution in [2.45, 2.75) is 65.7 Å². The maximum absolute atomic E-state index is 13.0. The van der Waals surface area contributed by atoms with E-state index in [0.717, 1.165) is 18.1 Å². The van der Waals surface area contributed by atoms with Crippen molar-refractivity contribution in [2.24, 2.45) is 0 Å². The van der Waals surface area contributed by atoms with Crippen molar-refractivity contribution >= 4 is 52.6 Å². The van der Waals surface area contributed by atoms with E-state index in [4.69, 9.17) is 21.1 Å². The molecular weight excluding hydrogens is 514 g/mol. The Labute approximate surface area is 225 Å². The van der Waals surface area contributed by atoms with Crippen molar-refractivity contribution < 1.29 is 33.4 Å². The highest BCUT2D eigenvalue weighted by Gasteiger charge is 2.53. The molecule has 0 bridgehead atoms. The Morgan fingerprint density at radius 2 is 1.74 bits per heavy atom. The summed E-state index contributed by atoms with van der Waals surface area (Å²) in [7, 11) is 0. The second-order valence-electron chi connectivity index (χ2n) is 9.52. The molecule has 3 rings (SSSR count). The minimum Gasteiger partial charge on any atom is -0.480 e. The third-order valence-corrected chi connectivity index (χ3v) is 6.25. The van der Waals surface area contributed by atoms with E-state index in [-0.39, 0.29) is 10.7 Å². The molecule has 202 valence electrons. The van der Waals surface area contributed by atoms with Crippen LogP contribution in [0.4, 0.5) is 16.2 Å². The fourth-order valence-corrected chi connectivity index (χ4v) is 4.08. The summed E-state index contributed by atoms with van der Waals surface area (Å²) in [6.07, 6.45) is -1.49. The minimum atomic E-state index is -1.76. The normalized spacial score (nSPS) is 15.9. The number of amides is 4. The van der Waals surface area contributed by atoms with Gasteiger partial charge < -0.3 is 20.1 Å². The number of ether oxygens (including phenoxy) is 2. The zero-order chi connectivity index (χ0) is 28.4. The Morgan fingerprint density at radius 3 is 2.29 bits per heavy atom. The van der Waals surface area contributed by atoms with E-state index in [1.807, 2.05) is 39.0 Å². The molecule has 2 aromatic rings. The van der Waals surface area contributed by atoms with Gasteiger partial charge in [0.2, 0.25) is 0 Å². The third-order valence-electron chi connectivity index (χ3n) is 5.92. The first-order valence-corrected chi connectivity index (χ1v) is 12.3. The molecule has 2 aromatic carbocycles. The van der Waals surface area contributed by atoms with Crippen LogP contribution in [0.1, 0.15) is 45.2 Å². The molecule has 2 unspecified atom stereocenters. The SMILES string of the molecule is CCC(Oc1ccc(C)cc1C)C(=O)Nc1ccc(Cl)c(NC(=O)C(C(C)=O)N2C(=O)OC(C)(C)C2=O)c1. The fraction of sp³-hybridized carbons (Fsp3) is 0.370. The monoisotopic (exact) mass is 543 g/mol. The van der Waals surface area contributed by atoms with Crippen LogP contribution in [0.3, 0.4) is 0 Å². The highest BCUT2D eigenvalue weighted by Crippen LogP contribution is 2.29. The quantitative estimate of drug-likeness (QED) is 0.448. The molecule has 0 radical (unpaired) electrons. The number of halogens is 1. The number of carbonyl (C=O) groups is 5. The standard InChI is InChI=1S/C27H30ClN3O7/c1-7-20(37-21-11-8-14(2)12-15(21)3)23(33)29-17-9-10-18(28)19(13-17)30-24(34)22(16(4)32)31-25(35)27(5,6)38-26(31)36/h8-13,20,22H,7H2,1-6H3,(H,29,33)(H,30,34). The highest BCUT2D eigenvalue weighted by atomic mass is 35.5. The molecule has 38 heavy (non-hydrogen) atoms. The maximum Gasteiger partial charge on any atom is 0.418 e. The Hall–Kier alpha value is -3.92. The van der Waals surface area contributed by atoms with Crippen molar-refractivity contribution in [1.82, 2.24) is 4.90 Å². The van der Waals surface area contributed by atoms with Gasteiger partial charge in [0.05, 0.1) is 10.7 Å². The maximum atomic E-state index is 13.0. The predicted octanol–water partition coefficient (Wildman–Crippen LogP) is 4.41. The lowest BCUT2D eigenvalue weighted by Crippen LogP contribution is -2.52. The summed E-state index contributed by atoms with van der Waals surface area (Å²) in [5.74, 6) is -2.35. The average molecular weight is 544 g/mol. The first-order valence-electron chi connectivity index (χ1n) is 12.0. The van der Waals surface area contributed by atoms with Crippen LogP contribution >= 0.6 is 11.6 Å². The zero-order valence-corrected chi connectivity index (χ0v) is 22.8. The van der Waals surface area contributed by atoms with Crippen LogP contribution in [0.5, 0.6) is 5.75 Å². The summed E-state index contributed by atoms with van der Waals surface area (Å²) in [6.45, 7) is 9.47. The van der Waals surface area contributed by atoms with Crippen molar-refractivity contribution in [1.29, 1.82) is 0 Å². The molecule has 1 heterocycles. The second-order valence-corrected chi connectivity index (χ2v) is 9.93. The first-order chi connectivity index (χ1) is 17.7. The molecule has 1 aliphatic rings. The molecule has 0 aliphatic carbocycles. The van der Waals surface area contributed by atoms with Gasteiger partial charge in [-0.25, -0.2) is 9.69 Å². The van der Waals surface area contributed by atoms with Crippen molar-refractivity contribution in [3.63, 3.8) is 0 Å². The Kier molecular flexibility index (Phi) is 8.46. The van der Waals surface area contributed by atoms with Gasteiger partial charge in [0, 0.05) is 5.69 Å². The highest BCUT2D eigenvalue weighted by molar-refractivity contribution is 6.34. The number of Topliss-reactive ketones (excluding diaryl/α,β-unsaturated/α-hetero) is 1. The van der Waals surface area contributed by atoms with Gasteiger partial charge in [-0.3, -0.25) is 19.2 Å². The number of rotatable bonds is 9. The number of nitrogens with one attached hydrogen (secondary N) is 2. The van der Waals surface area contributed by atoms with E-state index < -0.39 is 47.3 Å². The summed E-state index contributed by atoms with van der Waals surface area (Å²) < 4.78 is 10.9. The van der Waals surface area contributed by atoms with E-state index in [1.54, 1.807) is 0 Å². The van der Waals surface area contributed by atoms with Crippen LogP contribution in [-0.4, -0.2) is 52.2 Å². The van der Waals surface area contributed by atoms with Crippen LogP contribution in [0, 0.1) is 13.8 Å². The number of nitrogens with zero attached hydrogens (tertiary/aromatic N) is 1. The smallest absolute Gasteiger partial charge is 0.418 e. The summed E-state index contributed by atoms with van der Waals surface area (Å²) >= 11 is 6.24. The lowest BCUT2D eigenvalue weighted by molar-refractivity contribution is -0.142. The third kappa shape index (κ3) is 6.13. The summed E-state index contributed by atoms with van der Waals surface area (Å²) in [5, 5.41) is 5.31. The van der Waals surface area contributed by atoms with E-state index >= 15 is 0 Å². The zero-order valence-electron chi connectivity index (χ0n) is 22.0. The van der Waals surface area contributed by atoms with Gasteiger partial charge in [-0.1, -0.05) is 36.2 Å². The van der Waals surface area contributed by atoms with E-state index in [0.29, 0.717) is 22.8 Å². The molecule has 2 N–H and O–H groups in total. The average Bonchev–Trinajstić information content (AvgIpc) is 3.02. The van der Waals surface area contributed by atoms with Crippen molar-refractivity contribution in [3.8, 4) is 5.75 Å². The molecule has 2 atom stereocenters. The molecule has 4 amide bonds. The molecule has 1 fully saturated rings. The topological polar surface area (TPSA) is 131 Å². The van der Waals surface area contributed by atoms with Crippen molar-refractivity contribution in [3.05, 3.63) is 52.5 Å². The molecule has 10 nitrogen and oxygen atoms in total. The summed E-state index contributed by atoms with van der Waals surface area (Å²) in [6, 6.07) is 8.27. The van der Waals surface area contributed by atoms with E-state index in [2.05, 4.69) is 10.6 Å². The predicted molar refractivity (Wildman–Crippen MR) is 141 cm³/mol. The van der Waals surface area contributed by atoms with E-state index in [1.165, 1.54) is 32.0 Å². The number of ketones is 1. The van der Waals surface area contributed by atoms with Crippen LogP contribution in [0.2, 0.25) is 5.02 Å².